The lowest BCUT2D eigenvalue weighted by Gasteiger charge is -2.36. The minimum Gasteiger partial charge on any atom is -0.378 e. The molecule has 1 fully saturated rings. The van der Waals surface area contributed by atoms with Gasteiger partial charge in [0.1, 0.15) is 0 Å². The van der Waals surface area contributed by atoms with E-state index in [-0.39, 0.29) is 6.10 Å². The lowest BCUT2D eigenvalue weighted by Crippen LogP contribution is -2.29. The van der Waals surface area contributed by atoms with Gasteiger partial charge in [-0.2, -0.15) is 0 Å². The van der Waals surface area contributed by atoms with Crippen LogP contribution in [-0.2, 0) is 4.74 Å². The highest BCUT2D eigenvalue weighted by Crippen LogP contribution is 2.49. The predicted molar refractivity (Wildman–Crippen MR) is 80.8 cm³/mol. The highest BCUT2D eigenvalue weighted by molar-refractivity contribution is 5.57. The number of fused-ring (bicyclic) bond motifs is 3. The normalized spacial score (nSPS) is 27.6. The van der Waals surface area contributed by atoms with Crippen molar-refractivity contribution in [2.24, 2.45) is 5.92 Å². The van der Waals surface area contributed by atoms with Crippen molar-refractivity contribution < 1.29 is 4.74 Å². The van der Waals surface area contributed by atoms with E-state index in [2.05, 4.69) is 60.8 Å². The van der Waals surface area contributed by atoms with Gasteiger partial charge in [-0.25, -0.2) is 0 Å². The molecule has 0 aromatic heterocycles. The van der Waals surface area contributed by atoms with Crippen LogP contribution in [-0.4, -0.2) is 6.61 Å². The van der Waals surface area contributed by atoms with Crippen LogP contribution in [0, 0.1) is 12.8 Å². The molecule has 4 rings (SSSR count). The quantitative estimate of drug-likeness (QED) is 0.832. The topological polar surface area (TPSA) is 21.3 Å². The Balaban J connectivity index is 1.76. The van der Waals surface area contributed by atoms with Crippen molar-refractivity contribution in [1.29, 1.82) is 0 Å². The maximum absolute atomic E-state index is 6.02. The van der Waals surface area contributed by atoms with Gasteiger partial charge in [0, 0.05) is 23.8 Å². The van der Waals surface area contributed by atoms with Crippen molar-refractivity contribution in [1.82, 2.24) is 0 Å². The number of hydrogen-bond donors (Lipinski definition) is 1. The molecule has 0 spiro atoms. The van der Waals surface area contributed by atoms with Gasteiger partial charge >= 0.3 is 0 Å². The van der Waals surface area contributed by atoms with Crippen molar-refractivity contribution in [3.63, 3.8) is 0 Å². The van der Waals surface area contributed by atoms with E-state index in [1.807, 2.05) is 0 Å². The summed E-state index contributed by atoms with van der Waals surface area (Å²) >= 11 is 0. The summed E-state index contributed by atoms with van der Waals surface area (Å²) in [5.41, 5.74) is 5.22. The predicted octanol–water partition coefficient (Wildman–Crippen LogP) is 4.24. The Morgan fingerprint density at radius 3 is 2.70 bits per heavy atom. The lowest BCUT2D eigenvalue weighted by molar-refractivity contribution is 0.0829. The summed E-state index contributed by atoms with van der Waals surface area (Å²) in [5.74, 6) is 0.535. The second-order valence-corrected chi connectivity index (χ2v) is 5.86. The van der Waals surface area contributed by atoms with Crippen molar-refractivity contribution >= 4 is 5.69 Å². The Morgan fingerprint density at radius 2 is 1.85 bits per heavy atom. The molecule has 0 bridgehead atoms. The van der Waals surface area contributed by atoms with E-state index < -0.39 is 0 Å². The number of rotatable bonds is 1. The fraction of sp³-hybridized carbons (Fsp3) is 0.333. The molecule has 20 heavy (non-hydrogen) atoms. The van der Waals surface area contributed by atoms with E-state index >= 15 is 0 Å². The van der Waals surface area contributed by atoms with Crippen molar-refractivity contribution in [3.05, 3.63) is 65.2 Å². The van der Waals surface area contributed by atoms with Gasteiger partial charge in [0.2, 0.25) is 0 Å². The third kappa shape index (κ3) is 1.83. The fourth-order valence-electron chi connectivity index (χ4n) is 3.52. The van der Waals surface area contributed by atoms with Crippen LogP contribution in [0.5, 0.6) is 0 Å². The summed E-state index contributed by atoms with van der Waals surface area (Å²) in [7, 11) is 0. The summed E-state index contributed by atoms with van der Waals surface area (Å²) in [5, 5.41) is 3.72. The standard InChI is InChI=1S/C18H19NO/c1-12-6-8-13(9-7-12)17-15-10-11-20-18(15)14-4-2-3-5-16(14)19-17/h2-9,15,17-19H,10-11H2,1H3. The molecule has 102 valence electrons. The molecule has 2 aromatic rings. The van der Waals surface area contributed by atoms with Crippen molar-refractivity contribution in [2.75, 3.05) is 11.9 Å². The molecule has 0 amide bonds. The van der Waals surface area contributed by atoms with Gasteiger partial charge in [-0.3, -0.25) is 0 Å². The number of hydrogen-bond acceptors (Lipinski definition) is 2. The number of nitrogens with one attached hydrogen (secondary N) is 1. The molecular weight excluding hydrogens is 246 g/mol. The first-order valence-corrected chi connectivity index (χ1v) is 7.36. The first-order valence-electron chi connectivity index (χ1n) is 7.36. The zero-order valence-corrected chi connectivity index (χ0v) is 11.7. The SMILES string of the molecule is Cc1ccc(C2Nc3ccccc3C3OCCC23)cc1. The number of para-hydroxylation sites is 1. The molecule has 2 aliphatic rings. The first kappa shape index (κ1) is 12.0. The van der Waals surface area contributed by atoms with E-state index in [9.17, 15) is 0 Å². The van der Waals surface area contributed by atoms with Crippen molar-refractivity contribution in [3.8, 4) is 0 Å². The average molecular weight is 265 g/mol. The fourth-order valence-corrected chi connectivity index (χ4v) is 3.52. The summed E-state index contributed by atoms with van der Waals surface area (Å²) < 4.78 is 6.02. The Morgan fingerprint density at radius 1 is 1.05 bits per heavy atom. The van der Waals surface area contributed by atoms with Crippen LogP contribution in [0.1, 0.15) is 35.3 Å². The van der Waals surface area contributed by atoms with Gasteiger partial charge in [0.15, 0.2) is 0 Å². The Labute approximate surface area is 119 Å². The molecule has 3 atom stereocenters. The first-order chi connectivity index (χ1) is 9.83. The average Bonchev–Trinajstić information content (AvgIpc) is 2.97. The molecule has 0 saturated carbocycles. The minimum atomic E-state index is 0.249. The molecule has 2 aromatic carbocycles. The third-order valence-corrected chi connectivity index (χ3v) is 4.58. The highest BCUT2D eigenvalue weighted by Gasteiger charge is 2.41. The molecule has 2 nitrogen and oxygen atoms in total. The lowest BCUT2D eigenvalue weighted by atomic mass is 9.81. The van der Waals surface area contributed by atoms with Gasteiger partial charge in [-0.05, 0) is 25.0 Å². The van der Waals surface area contributed by atoms with Crippen LogP contribution in [0.15, 0.2) is 48.5 Å². The molecule has 1 N–H and O–H groups in total. The Kier molecular flexibility index (Phi) is 2.78. The van der Waals surface area contributed by atoms with Crippen LogP contribution in [0.2, 0.25) is 0 Å². The van der Waals surface area contributed by atoms with Crippen molar-refractivity contribution in [2.45, 2.75) is 25.5 Å². The van der Waals surface area contributed by atoms with Crippen LogP contribution >= 0.6 is 0 Å². The highest BCUT2D eigenvalue weighted by atomic mass is 16.5. The van der Waals surface area contributed by atoms with Gasteiger partial charge < -0.3 is 10.1 Å². The zero-order chi connectivity index (χ0) is 13.5. The molecule has 2 aliphatic heterocycles. The number of ether oxygens (including phenoxy) is 1. The maximum atomic E-state index is 6.02. The van der Waals surface area contributed by atoms with E-state index in [1.165, 1.54) is 22.4 Å². The molecule has 2 heteroatoms. The molecule has 0 aliphatic carbocycles. The van der Waals surface area contributed by atoms with Gasteiger partial charge in [0.05, 0.1) is 12.1 Å². The molecule has 0 radical (unpaired) electrons. The number of anilines is 1. The van der Waals surface area contributed by atoms with E-state index in [4.69, 9.17) is 4.74 Å². The second-order valence-electron chi connectivity index (χ2n) is 5.86. The Hall–Kier alpha value is -1.80. The van der Waals surface area contributed by atoms with Gasteiger partial charge in [-0.1, -0.05) is 48.0 Å². The third-order valence-electron chi connectivity index (χ3n) is 4.58. The molecule has 1 saturated heterocycles. The number of aryl methyl sites for hydroxylation is 1. The zero-order valence-electron chi connectivity index (χ0n) is 11.7. The summed E-state index contributed by atoms with van der Waals surface area (Å²) in [6.45, 7) is 3.00. The van der Waals surface area contributed by atoms with Crippen LogP contribution in [0.25, 0.3) is 0 Å². The summed E-state index contributed by atoms with van der Waals surface area (Å²) in [4.78, 5) is 0. The smallest absolute Gasteiger partial charge is 0.0896 e. The molecule has 2 heterocycles. The molecule has 3 unspecified atom stereocenters. The summed E-state index contributed by atoms with van der Waals surface area (Å²) in [6, 6.07) is 17.8. The van der Waals surface area contributed by atoms with E-state index in [1.54, 1.807) is 0 Å². The maximum Gasteiger partial charge on any atom is 0.0896 e. The number of benzene rings is 2. The van der Waals surface area contributed by atoms with Crippen LogP contribution < -0.4 is 5.32 Å². The van der Waals surface area contributed by atoms with Gasteiger partial charge in [-0.15, -0.1) is 0 Å². The van der Waals surface area contributed by atoms with Crippen LogP contribution in [0.3, 0.4) is 0 Å². The largest absolute Gasteiger partial charge is 0.378 e. The van der Waals surface area contributed by atoms with E-state index in [0.29, 0.717) is 12.0 Å². The van der Waals surface area contributed by atoms with E-state index in [0.717, 1.165) is 13.0 Å². The summed E-state index contributed by atoms with van der Waals surface area (Å²) in [6.07, 6.45) is 1.38. The Bertz CT molecular complexity index is 620. The van der Waals surface area contributed by atoms with Gasteiger partial charge in [0.25, 0.3) is 0 Å². The monoisotopic (exact) mass is 265 g/mol. The minimum absolute atomic E-state index is 0.249. The van der Waals surface area contributed by atoms with Crippen LogP contribution in [0.4, 0.5) is 5.69 Å². The molecular formula is C18H19NO. The second kappa shape index (κ2) is 4.64.